The first-order valence-corrected chi connectivity index (χ1v) is 6.87. The SMILES string of the molecule is C=C1CC(C)/C(=C\C)N1C(C)(C)C(C)(C)C(=C)C. The highest BCUT2D eigenvalue weighted by Crippen LogP contribution is 2.49. The first-order chi connectivity index (χ1) is 8.07. The van der Waals surface area contributed by atoms with Gasteiger partial charge >= 0.3 is 0 Å². The van der Waals surface area contributed by atoms with Crippen molar-refractivity contribution in [2.45, 2.75) is 60.4 Å². The summed E-state index contributed by atoms with van der Waals surface area (Å²) in [5.74, 6) is 0.572. The normalized spacial score (nSPS) is 23.9. The maximum absolute atomic E-state index is 4.28. The van der Waals surface area contributed by atoms with Crippen LogP contribution in [0.3, 0.4) is 0 Å². The van der Waals surface area contributed by atoms with Gasteiger partial charge in [0.25, 0.3) is 0 Å². The zero-order valence-electron chi connectivity index (χ0n) is 13.2. The van der Waals surface area contributed by atoms with E-state index in [0.717, 1.165) is 6.42 Å². The molecule has 1 aliphatic rings. The fraction of sp³-hybridized carbons (Fsp3) is 0.647. The van der Waals surface area contributed by atoms with E-state index in [1.807, 2.05) is 0 Å². The van der Waals surface area contributed by atoms with Gasteiger partial charge in [-0.05, 0) is 34.1 Å². The molecule has 0 aromatic carbocycles. The third-order valence-electron chi connectivity index (χ3n) is 5.07. The lowest BCUT2D eigenvalue weighted by Crippen LogP contribution is -2.51. The smallest absolute Gasteiger partial charge is 0.0476 e. The Kier molecular flexibility index (Phi) is 3.86. The summed E-state index contributed by atoms with van der Waals surface area (Å²) in [5.41, 5.74) is 3.88. The van der Waals surface area contributed by atoms with Gasteiger partial charge in [0.2, 0.25) is 0 Å². The molecule has 0 saturated carbocycles. The predicted octanol–water partition coefficient (Wildman–Crippen LogP) is 5.13. The van der Waals surface area contributed by atoms with Crippen LogP contribution in [0, 0.1) is 11.3 Å². The lowest BCUT2D eigenvalue weighted by molar-refractivity contribution is 0.0967. The number of hydrogen-bond donors (Lipinski definition) is 0. The molecule has 18 heavy (non-hydrogen) atoms. The third kappa shape index (κ3) is 2.04. The van der Waals surface area contributed by atoms with Gasteiger partial charge in [0, 0.05) is 28.3 Å². The van der Waals surface area contributed by atoms with Crippen LogP contribution in [0.4, 0.5) is 0 Å². The van der Waals surface area contributed by atoms with Crippen LogP contribution in [0.2, 0.25) is 0 Å². The first kappa shape index (κ1) is 15.1. The fourth-order valence-corrected chi connectivity index (χ4v) is 2.89. The molecule has 1 nitrogen and oxygen atoms in total. The van der Waals surface area contributed by atoms with Crippen LogP contribution < -0.4 is 0 Å². The first-order valence-electron chi connectivity index (χ1n) is 6.87. The maximum atomic E-state index is 4.28. The molecule has 1 atom stereocenters. The molecule has 0 spiro atoms. The highest BCUT2D eigenvalue weighted by molar-refractivity contribution is 5.28. The highest BCUT2D eigenvalue weighted by Gasteiger charge is 2.46. The van der Waals surface area contributed by atoms with Gasteiger partial charge in [-0.3, -0.25) is 0 Å². The Morgan fingerprint density at radius 3 is 2.22 bits per heavy atom. The van der Waals surface area contributed by atoms with Gasteiger partial charge in [-0.15, -0.1) is 0 Å². The largest absolute Gasteiger partial charge is 0.343 e. The Morgan fingerprint density at radius 2 is 1.83 bits per heavy atom. The van der Waals surface area contributed by atoms with E-state index >= 15 is 0 Å². The number of allylic oxidation sites excluding steroid dienone is 3. The molecule has 0 radical (unpaired) electrons. The van der Waals surface area contributed by atoms with Gasteiger partial charge < -0.3 is 4.90 Å². The average Bonchev–Trinajstić information content (AvgIpc) is 2.52. The monoisotopic (exact) mass is 247 g/mol. The second kappa shape index (κ2) is 4.60. The molecule has 1 unspecified atom stereocenters. The van der Waals surface area contributed by atoms with Crippen molar-refractivity contribution in [2.75, 3.05) is 0 Å². The van der Waals surface area contributed by atoms with Crippen molar-refractivity contribution >= 4 is 0 Å². The van der Waals surface area contributed by atoms with Crippen molar-refractivity contribution in [2.24, 2.45) is 11.3 Å². The molecule has 0 aromatic heterocycles. The lowest BCUT2D eigenvalue weighted by Gasteiger charge is -2.50. The van der Waals surface area contributed by atoms with Gasteiger partial charge in [-0.2, -0.15) is 0 Å². The minimum Gasteiger partial charge on any atom is -0.343 e. The van der Waals surface area contributed by atoms with Crippen molar-refractivity contribution in [3.8, 4) is 0 Å². The van der Waals surface area contributed by atoms with Gasteiger partial charge in [-0.1, -0.05) is 45.6 Å². The second-order valence-electron chi connectivity index (χ2n) is 6.68. The summed E-state index contributed by atoms with van der Waals surface area (Å²) in [6.45, 7) is 24.1. The lowest BCUT2D eigenvalue weighted by atomic mass is 9.69. The van der Waals surface area contributed by atoms with Crippen LogP contribution in [-0.2, 0) is 0 Å². The summed E-state index contributed by atoms with van der Waals surface area (Å²) in [4.78, 5) is 2.44. The summed E-state index contributed by atoms with van der Waals surface area (Å²) in [7, 11) is 0. The zero-order chi connectivity index (χ0) is 14.3. The Morgan fingerprint density at radius 1 is 1.33 bits per heavy atom. The number of nitrogens with zero attached hydrogens (tertiary/aromatic N) is 1. The molecule has 0 bridgehead atoms. The quantitative estimate of drug-likeness (QED) is 0.625. The summed E-state index contributed by atoms with van der Waals surface area (Å²) in [6, 6.07) is 0. The highest BCUT2D eigenvalue weighted by atomic mass is 15.2. The molecule has 0 amide bonds. The van der Waals surface area contributed by atoms with Crippen molar-refractivity contribution < 1.29 is 0 Å². The molecule has 0 aliphatic carbocycles. The summed E-state index contributed by atoms with van der Waals surface area (Å²) in [6.07, 6.45) is 3.30. The predicted molar refractivity (Wildman–Crippen MR) is 81.2 cm³/mol. The van der Waals surface area contributed by atoms with Crippen molar-refractivity contribution in [3.63, 3.8) is 0 Å². The molecule has 0 aromatic rings. The summed E-state index contributed by atoms with van der Waals surface area (Å²) in [5, 5.41) is 0. The van der Waals surface area contributed by atoms with E-state index in [9.17, 15) is 0 Å². The van der Waals surface area contributed by atoms with Gasteiger partial charge in [-0.25, -0.2) is 0 Å². The van der Waals surface area contributed by atoms with Gasteiger partial charge in [0.05, 0.1) is 0 Å². The Hall–Kier alpha value is -0.980. The van der Waals surface area contributed by atoms with Crippen LogP contribution in [0.1, 0.15) is 54.9 Å². The molecule has 1 saturated heterocycles. The minimum atomic E-state index is -0.0114. The zero-order valence-corrected chi connectivity index (χ0v) is 13.2. The van der Waals surface area contributed by atoms with Gasteiger partial charge in [0.1, 0.15) is 0 Å². The number of hydrogen-bond acceptors (Lipinski definition) is 1. The van der Waals surface area contributed by atoms with Crippen LogP contribution >= 0.6 is 0 Å². The Bertz CT molecular complexity index is 396. The molecule has 1 fully saturated rings. The summed E-state index contributed by atoms with van der Waals surface area (Å²) >= 11 is 0. The van der Waals surface area contributed by atoms with E-state index in [-0.39, 0.29) is 11.0 Å². The Labute approximate surface area is 113 Å². The molecular formula is C17H29N. The van der Waals surface area contributed by atoms with E-state index < -0.39 is 0 Å². The number of rotatable bonds is 3. The van der Waals surface area contributed by atoms with E-state index in [1.54, 1.807) is 0 Å². The fourth-order valence-electron chi connectivity index (χ4n) is 2.89. The Balaban J connectivity index is 3.28. The molecular weight excluding hydrogens is 218 g/mol. The average molecular weight is 247 g/mol. The molecule has 1 heterocycles. The molecule has 0 N–H and O–H groups in total. The van der Waals surface area contributed by atoms with Crippen LogP contribution in [0.15, 0.2) is 36.2 Å². The van der Waals surface area contributed by atoms with Crippen molar-refractivity contribution in [1.82, 2.24) is 4.90 Å². The minimum absolute atomic E-state index is 0.0114. The maximum Gasteiger partial charge on any atom is 0.0476 e. The van der Waals surface area contributed by atoms with Crippen molar-refractivity contribution in [1.29, 1.82) is 0 Å². The van der Waals surface area contributed by atoms with Crippen LogP contribution in [0.5, 0.6) is 0 Å². The van der Waals surface area contributed by atoms with E-state index in [1.165, 1.54) is 17.0 Å². The third-order valence-corrected chi connectivity index (χ3v) is 5.07. The standard InChI is InChI=1S/C17H29N/c1-10-15-13(4)11-14(5)18(15)17(8,9)16(6,7)12(2)3/h10,13H,2,5,11H2,1,3-4,6-9H3/b15-10+. The number of likely N-dealkylation sites (tertiary alicyclic amines) is 1. The van der Waals surface area contributed by atoms with Crippen LogP contribution in [0.25, 0.3) is 0 Å². The van der Waals surface area contributed by atoms with Crippen LogP contribution in [-0.4, -0.2) is 10.4 Å². The van der Waals surface area contributed by atoms with Crippen molar-refractivity contribution in [3.05, 3.63) is 36.2 Å². The topological polar surface area (TPSA) is 3.24 Å². The molecule has 1 rings (SSSR count). The molecule has 1 aliphatic heterocycles. The summed E-state index contributed by atoms with van der Waals surface area (Å²) < 4.78 is 0. The second-order valence-corrected chi connectivity index (χ2v) is 6.68. The van der Waals surface area contributed by atoms with Gasteiger partial charge in [0.15, 0.2) is 0 Å². The van der Waals surface area contributed by atoms with E-state index in [4.69, 9.17) is 0 Å². The molecule has 1 heteroatoms. The van der Waals surface area contributed by atoms with E-state index in [2.05, 4.69) is 72.6 Å². The van der Waals surface area contributed by atoms with E-state index in [0.29, 0.717) is 5.92 Å². The molecule has 102 valence electrons.